The van der Waals surface area contributed by atoms with Crippen LogP contribution in [0.1, 0.15) is 5.56 Å². The van der Waals surface area contributed by atoms with E-state index in [1.165, 1.54) is 16.2 Å². The molecule has 35 heavy (non-hydrogen) atoms. The van der Waals surface area contributed by atoms with Crippen LogP contribution in [-0.4, -0.2) is 41.5 Å². The molecule has 0 aliphatic carbocycles. The van der Waals surface area contributed by atoms with Crippen LogP contribution in [0, 0.1) is 0 Å². The third-order valence-corrected chi connectivity index (χ3v) is 5.50. The van der Waals surface area contributed by atoms with Crippen molar-refractivity contribution in [2.75, 3.05) is 12.0 Å². The normalized spacial score (nSPS) is 12.8. The lowest BCUT2D eigenvalue weighted by Gasteiger charge is -2.15. The minimum Gasteiger partial charge on any atom is -0.491 e. The Morgan fingerprint density at radius 1 is 1.20 bits per heavy atom. The molecule has 0 spiro atoms. The molecule has 0 saturated carbocycles. The highest BCUT2D eigenvalue weighted by Crippen LogP contribution is 2.17. The molecule has 2 aromatic heterocycles. The zero-order chi connectivity index (χ0) is 24.8. The predicted molar refractivity (Wildman–Crippen MR) is 139 cm³/mol. The predicted octanol–water partition coefficient (Wildman–Crippen LogP) is 2.70. The summed E-state index contributed by atoms with van der Waals surface area (Å²) in [5.74, 6) is 0.787. The zero-order valence-electron chi connectivity index (χ0n) is 18.8. The van der Waals surface area contributed by atoms with Gasteiger partial charge in [0.05, 0.1) is 6.54 Å². The van der Waals surface area contributed by atoms with E-state index < -0.39 is 17.4 Å². The second-order valence-corrected chi connectivity index (χ2v) is 8.42. The van der Waals surface area contributed by atoms with Gasteiger partial charge in [-0.15, -0.1) is 0 Å². The standard InChI is InChI=1S/C24H23BrN6O4/c1-30-21-20(22(33)27-24(30)34)31(14-17(32)15-35-18-10-6-3-7-11-18)23(26-21)29-28-19(25)13-12-16-8-4-2-5-9-16/h2-13,17,32H,14-15H2,1H3,(H,26,29)(H,27,33,34)/b13-12+,28-19-. The van der Waals surface area contributed by atoms with Gasteiger partial charge in [-0.1, -0.05) is 54.6 Å². The van der Waals surface area contributed by atoms with Crippen molar-refractivity contribution in [1.29, 1.82) is 0 Å². The lowest BCUT2D eigenvalue weighted by molar-refractivity contribution is 0.0938. The largest absolute Gasteiger partial charge is 0.491 e. The highest BCUT2D eigenvalue weighted by Gasteiger charge is 2.20. The van der Waals surface area contributed by atoms with Crippen molar-refractivity contribution in [3.63, 3.8) is 0 Å². The van der Waals surface area contributed by atoms with Crippen molar-refractivity contribution >= 4 is 43.7 Å². The van der Waals surface area contributed by atoms with Crippen molar-refractivity contribution in [3.8, 4) is 5.75 Å². The lowest BCUT2D eigenvalue weighted by Crippen LogP contribution is -2.30. The summed E-state index contributed by atoms with van der Waals surface area (Å²) < 4.78 is 8.78. The number of aryl methyl sites for hydroxylation is 1. The SMILES string of the molecule is Cn1c(=O)[nH]c(=O)c2c1nc(N/N=C(Br)/C=C/c1ccccc1)n2CC(O)COc1ccccc1. The minimum absolute atomic E-state index is 0.0143. The molecule has 180 valence electrons. The summed E-state index contributed by atoms with van der Waals surface area (Å²) in [6.45, 7) is -0.0421. The van der Waals surface area contributed by atoms with Gasteiger partial charge in [-0.3, -0.25) is 14.3 Å². The Kier molecular flexibility index (Phi) is 7.58. The first-order valence-corrected chi connectivity index (χ1v) is 11.5. The molecular formula is C24H23BrN6O4. The molecule has 2 aromatic carbocycles. The Balaban J connectivity index is 1.60. The molecule has 10 nitrogen and oxygen atoms in total. The fourth-order valence-corrected chi connectivity index (χ4v) is 3.56. The fourth-order valence-electron chi connectivity index (χ4n) is 3.34. The fraction of sp³-hybridized carbons (Fsp3) is 0.167. The maximum atomic E-state index is 12.6. The van der Waals surface area contributed by atoms with Gasteiger partial charge < -0.3 is 14.4 Å². The third kappa shape index (κ3) is 5.94. The smallest absolute Gasteiger partial charge is 0.329 e. The van der Waals surface area contributed by atoms with Crippen LogP contribution in [0.25, 0.3) is 17.2 Å². The summed E-state index contributed by atoms with van der Waals surface area (Å²) >= 11 is 3.37. The summed E-state index contributed by atoms with van der Waals surface area (Å²) in [5.41, 5.74) is 2.88. The van der Waals surface area contributed by atoms with Crippen LogP contribution >= 0.6 is 15.9 Å². The number of nitrogens with one attached hydrogen (secondary N) is 2. The van der Waals surface area contributed by atoms with E-state index in [4.69, 9.17) is 4.74 Å². The first-order chi connectivity index (χ1) is 16.9. The molecule has 4 aromatic rings. The Bertz CT molecular complexity index is 1480. The average molecular weight is 539 g/mol. The maximum absolute atomic E-state index is 12.6. The van der Waals surface area contributed by atoms with E-state index >= 15 is 0 Å². The van der Waals surface area contributed by atoms with Crippen LogP contribution < -0.4 is 21.4 Å². The molecule has 0 fully saturated rings. The van der Waals surface area contributed by atoms with E-state index in [0.717, 1.165) is 5.56 Å². The number of hydrogen-bond donors (Lipinski definition) is 3. The van der Waals surface area contributed by atoms with Crippen LogP contribution in [0.2, 0.25) is 0 Å². The number of aliphatic hydroxyl groups excluding tert-OH is 1. The first-order valence-electron chi connectivity index (χ1n) is 10.7. The number of halogens is 1. The maximum Gasteiger partial charge on any atom is 0.329 e. The number of ether oxygens (including phenoxy) is 1. The number of benzene rings is 2. The summed E-state index contributed by atoms with van der Waals surface area (Å²) in [4.78, 5) is 31.3. The Morgan fingerprint density at radius 3 is 2.60 bits per heavy atom. The average Bonchev–Trinajstić information content (AvgIpc) is 3.23. The van der Waals surface area contributed by atoms with Gasteiger partial charge in [0.2, 0.25) is 5.95 Å². The highest BCUT2D eigenvalue weighted by molar-refractivity contribution is 9.18. The number of hydrogen-bond acceptors (Lipinski definition) is 7. The summed E-state index contributed by atoms with van der Waals surface area (Å²) in [7, 11) is 1.50. The molecule has 0 amide bonds. The number of rotatable bonds is 9. The van der Waals surface area contributed by atoms with Gasteiger partial charge in [-0.05, 0) is 39.7 Å². The number of hydrazone groups is 1. The molecular weight excluding hydrogens is 516 g/mol. The number of fused-ring (bicyclic) bond motifs is 1. The molecule has 3 N–H and O–H groups in total. The zero-order valence-corrected chi connectivity index (χ0v) is 20.3. The molecule has 0 saturated heterocycles. The Labute approximate surface area is 208 Å². The van der Waals surface area contributed by atoms with E-state index in [2.05, 4.69) is 36.4 Å². The molecule has 0 aliphatic rings. The summed E-state index contributed by atoms with van der Waals surface area (Å²) in [5, 5.41) is 14.9. The number of anilines is 1. The van der Waals surface area contributed by atoms with Crippen molar-refractivity contribution in [2.24, 2.45) is 12.1 Å². The van der Waals surface area contributed by atoms with Crippen LogP contribution in [0.3, 0.4) is 0 Å². The van der Waals surface area contributed by atoms with Gasteiger partial charge in [0, 0.05) is 7.05 Å². The Hall–Kier alpha value is -3.96. The number of imidazole rings is 1. The molecule has 0 bridgehead atoms. The lowest BCUT2D eigenvalue weighted by atomic mass is 10.2. The molecule has 1 atom stereocenters. The molecule has 4 rings (SSSR count). The topological polar surface area (TPSA) is 127 Å². The van der Waals surface area contributed by atoms with Gasteiger partial charge in [0.25, 0.3) is 5.56 Å². The van der Waals surface area contributed by atoms with Gasteiger partial charge >= 0.3 is 5.69 Å². The Morgan fingerprint density at radius 2 is 1.89 bits per heavy atom. The van der Waals surface area contributed by atoms with Gasteiger partial charge in [-0.2, -0.15) is 10.1 Å². The molecule has 0 radical (unpaired) electrons. The number of allylic oxidation sites excluding steroid dienone is 1. The van der Waals surface area contributed by atoms with Gasteiger partial charge in [0.15, 0.2) is 11.2 Å². The highest BCUT2D eigenvalue weighted by atomic mass is 79.9. The second kappa shape index (κ2) is 11.0. The van der Waals surface area contributed by atoms with E-state index in [1.807, 2.05) is 54.6 Å². The number of para-hydroxylation sites is 1. The van der Waals surface area contributed by atoms with Crippen LogP contribution in [0.15, 0.2) is 81.4 Å². The summed E-state index contributed by atoms with van der Waals surface area (Å²) in [6.07, 6.45) is 2.65. The van der Waals surface area contributed by atoms with Crippen LogP contribution in [-0.2, 0) is 13.6 Å². The van der Waals surface area contributed by atoms with Crippen molar-refractivity contribution in [2.45, 2.75) is 12.6 Å². The van der Waals surface area contributed by atoms with Crippen molar-refractivity contribution in [3.05, 3.63) is 93.1 Å². The third-order valence-electron chi connectivity index (χ3n) is 5.06. The monoisotopic (exact) mass is 538 g/mol. The molecule has 1 unspecified atom stereocenters. The number of aliphatic hydroxyl groups is 1. The molecule has 0 aliphatic heterocycles. The molecule has 2 heterocycles. The van der Waals surface area contributed by atoms with E-state index in [1.54, 1.807) is 18.2 Å². The van der Waals surface area contributed by atoms with Gasteiger partial charge in [0.1, 0.15) is 23.1 Å². The van der Waals surface area contributed by atoms with Crippen molar-refractivity contribution in [1.82, 2.24) is 19.1 Å². The molecule has 11 heteroatoms. The van der Waals surface area contributed by atoms with E-state index in [9.17, 15) is 14.7 Å². The van der Waals surface area contributed by atoms with Crippen molar-refractivity contribution < 1.29 is 9.84 Å². The number of nitrogens with zero attached hydrogens (tertiary/aromatic N) is 4. The summed E-state index contributed by atoms with van der Waals surface area (Å²) in [6, 6.07) is 18.8. The number of H-pyrrole nitrogens is 1. The van der Waals surface area contributed by atoms with Gasteiger partial charge in [-0.25, -0.2) is 10.2 Å². The van der Waals surface area contributed by atoms with E-state index in [-0.39, 0.29) is 30.3 Å². The second-order valence-electron chi connectivity index (χ2n) is 7.60. The minimum atomic E-state index is -0.977. The number of aromatic nitrogens is 4. The van der Waals surface area contributed by atoms with Crippen LogP contribution in [0.5, 0.6) is 5.75 Å². The number of aromatic amines is 1. The van der Waals surface area contributed by atoms with Crippen LogP contribution in [0.4, 0.5) is 5.95 Å². The van der Waals surface area contributed by atoms with E-state index in [0.29, 0.717) is 10.4 Å². The first kappa shape index (κ1) is 24.2. The quantitative estimate of drug-likeness (QED) is 0.222.